The van der Waals surface area contributed by atoms with Crippen LogP contribution < -0.4 is 5.32 Å². The number of amides is 1. The third-order valence-corrected chi connectivity index (χ3v) is 1.90. The van der Waals surface area contributed by atoms with E-state index < -0.39 is 25.0 Å². The largest absolute Gasteiger partial charge is 0.508 e. The van der Waals surface area contributed by atoms with Gasteiger partial charge in [-0.3, -0.25) is 4.79 Å². The first-order chi connectivity index (χ1) is 7.84. The smallest absolute Gasteiger partial charge is 0.287 e. The predicted molar refractivity (Wildman–Crippen MR) is 54.1 cm³/mol. The molecule has 1 amide bonds. The minimum atomic E-state index is -3.41. The second-order valence-electron chi connectivity index (χ2n) is 3.43. The molecule has 7 heteroatoms. The Hall–Kier alpha value is -1.89. The monoisotopic (exact) mass is 247 g/mol. The molecule has 1 rings (SSSR count). The number of hydrogen-bond donors (Lipinski definition) is 4. The van der Waals surface area contributed by atoms with Gasteiger partial charge in [0.2, 0.25) is 0 Å². The van der Waals surface area contributed by atoms with Crippen LogP contribution in [0, 0.1) is 0 Å². The minimum Gasteiger partial charge on any atom is -0.508 e. The number of halogens is 2. The zero-order valence-corrected chi connectivity index (χ0v) is 8.65. The van der Waals surface area contributed by atoms with E-state index in [0.29, 0.717) is 0 Å². The Kier molecular flexibility index (Phi) is 3.84. The third-order valence-electron chi connectivity index (χ3n) is 1.90. The van der Waals surface area contributed by atoms with Crippen molar-refractivity contribution in [3.05, 3.63) is 23.8 Å². The van der Waals surface area contributed by atoms with Gasteiger partial charge in [-0.25, -0.2) is 8.78 Å². The number of carbonyl (C=O) groups excluding carboxylic acids is 1. The van der Waals surface area contributed by atoms with E-state index in [9.17, 15) is 13.6 Å². The van der Waals surface area contributed by atoms with Gasteiger partial charge >= 0.3 is 0 Å². The Morgan fingerprint density at radius 3 is 2.24 bits per heavy atom. The number of benzene rings is 1. The van der Waals surface area contributed by atoms with Gasteiger partial charge in [-0.15, -0.1) is 0 Å². The molecule has 0 saturated carbocycles. The van der Waals surface area contributed by atoms with Gasteiger partial charge in [0.05, 0.1) is 6.54 Å². The Balaban J connectivity index is 2.70. The number of aliphatic hydroxyl groups excluding tert-OH is 1. The summed E-state index contributed by atoms with van der Waals surface area (Å²) in [6.07, 6.45) is 0. The number of carbonyl (C=O) groups is 1. The molecule has 0 spiro atoms. The number of hydrogen-bond acceptors (Lipinski definition) is 4. The van der Waals surface area contributed by atoms with Crippen molar-refractivity contribution in [2.45, 2.75) is 5.92 Å². The normalized spacial score (nSPS) is 11.2. The fourth-order valence-electron chi connectivity index (χ4n) is 1.09. The highest BCUT2D eigenvalue weighted by Gasteiger charge is 2.28. The Morgan fingerprint density at radius 1 is 1.24 bits per heavy atom. The first kappa shape index (κ1) is 13.2. The number of phenolic OH excluding ortho intramolecular Hbond substituents is 2. The van der Waals surface area contributed by atoms with E-state index in [4.69, 9.17) is 15.3 Å². The van der Waals surface area contributed by atoms with Crippen LogP contribution in [0.2, 0.25) is 0 Å². The Bertz CT molecular complexity index is 403. The van der Waals surface area contributed by atoms with Crippen molar-refractivity contribution >= 4 is 5.91 Å². The molecular weight excluding hydrogens is 236 g/mol. The Labute approximate surface area is 95.3 Å². The fraction of sp³-hybridized carbons (Fsp3) is 0.300. The lowest BCUT2D eigenvalue weighted by molar-refractivity contribution is -0.0462. The van der Waals surface area contributed by atoms with Gasteiger partial charge in [-0.05, 0) is 12.1 Å². The molecule has 0 aromatic heterocycles. The molecule has 0 radical (unpaired) electrons. The highest BCUT2D eigenvalue weighted by Crippen LogP contribution is 2.20. The van der Waals surface area contributed by atoms with Gasteiger partial charge in [-0.2, -0.15) is 0 Å². The lowest BCUT2D eigenvalue weighted by atomic mass is 10.2. The van der Waals surface area contributed by atoms with Crippen molar-refractivity contribution in [2.24, 2.45) is 0 Å². The summed E-state index contributed by atoms with van der Waals surface area (Å²) >= 11 is 0. The van der Waals surface area contributed by atoms with Gasteiger partial charge in [0, 0.05) is 11.6 Å². The molecular formula is C10H11F2NO4. The number of rotatable bonds is 4. The van der Waals surface area contributed by atoms with Crippen LogP contribution in [0.1, 0.15) is 10.4 Å². The second-order valence-corrected chi connectivity index (χ2v) is 3.43. The molecule has 1 aromatic carbocycles. The first-order valence-corrected chi connectivity index (χ1v) is 4.64. The number of aliphatic hydroxyl groups is 1. The van der Waals surface area contributed by atoms with Crippen LogP contribution in [0.5, 0.6) is 11.5 Å². The molecule has 0 aliphatic rings. The van der Waals surface area contributed by atoms with Crippen molar-refractivity contribution in [1.82, 2.24) is 5.32 Å². The van der Waals surface area contributed by atoms with Crippen LogP contribution >= 0.6 is 0 Å². The third kappa shape index (κ3) is 3.87. The molecule has 0 unspecified atom stereocenters. The number of aromatic hydroxyl groups is 2. The standard InChI is InChI=1S/C10H11F2NO4/c11-10(12,5-14)4-13-9(17)6-1-7(15)3-8(16)2-6/h1-3,14-16H,4-5H2,(H,13,17). The van der Waals surface area contributed by atoms with Crippen LogP contribution in [0.3, 0.4) is 0 Å². The average Bonchev–Trinajstić information content (AvgIpc) is 2.24. The minimum absolute atomic E-state index is 0.156. The molecule has 0 atom stereocenters. The fourth-order valence-corrected chi connectivity index (χ4v) is 1.09. The maximum Gasteiger partial charge on any atom is 0.287 e. The second kappa shape index (κ2) is 4.96. The zero-order valence-electron chi connectivity index (χ0n) is 8.65. The highest BCUT2D eigenvalue weighted by atomic mass is 19.3. The van der Waals surface area contributed by atoms with E-state index in [2.05, 4.69) is 0 Å². The number of nitrogens with one attached hydrogen (secondary N) is 1. The summed E-state index contributed by atoms with van der Waals surface area (Å²) in [5, 5.41) is 28.3. The first-order valence-electron chi connectivity index (χ1n) is 4.64. The summed E-state index contributed by atoms with van der Waals surface area (Å²) in [6.45, 7) is -2.41. The summed E-state index contributed by atoms with van der Waals surface area (Å²) in [7, 11) is 0. The van der Waals surface area contributed by atoms with Gasteiger partial charge < -0.3 is 20.6 Å². The van der Waals surface area contributed by atoms with Crippen molar-refractivity contribution in [3.8, 4) is 11.5 Å². The topological polar surface area (TPSA) is 89.8 Å². The summed E-state index contributed by atoms with van der Waals surface area (Å²) in [4.78, 5) is 11.4. The maximum atomic E-state index is 12.6. The Morgan fingerprint density at radius 2 is 1.76 bits per heavy atom. The molecule has 0 saturated heterocycles. The molecule has 5 nitrogen and oxygen atoms in total. The summed E-state index contributed by atoms with van der Waals surface area (Å²) in [5.41, 5.74) is -0.156. The van der Waals surface area contributed by atoms with E-state index >= 15 is 0 Å². The summed E-state index contributed by atoms with van der Waals surface area (Å²) < 4.78 is 25.2. The molecule has 0 aliphatic carbocycles. The van der Waals surface area contributed by atoms with Crippen LogP contribution in [0.15, 0.2) is 18.2 Å². The average molecular weight is 247 g/mol. The van der Waals surface area contributed by atoms with E-state index in [1.54, 1.807) is 0 Å². The van der Waals surface area contributed by atoms with E-state index in [1.165, 1.54) is 0 Å². The van der Waals surface area contributed by atoms with Crippen molar-refractivity contribution in [3.63, 3.8) is 0 Å². The summed E-state index contributed by atoms with van der Waals surface area (Å²) in [6, 6.07) is 3.04. The molecule has 1 aromatic rings. The van der Waals surface area contributed by atoms with Crippen molar-refractivity contribution < 1.29 is 28.9 Å². The number of alkyl halides is 2. The van der Waals surface area contributed by atoms with Crippen LogP contribution in [0.4, 0.5) is 8.78 Å². The number of phenols is 2. The van der Waals surface area contributed by atoms with E-state index in [0.717, 1.165) is 18.2 Å². The maximum absolute atomic E-state index is 12.6. The van der Waals surface area contributed by atoms with Gasteiger partial charge in [-0.1, -0.05) is 0 Å². The van der Waals surface area contributed by atoms with E-state index in [-0.39, 0.29) is 17.1 Å². The lowest BCUT2D eigenvalue weighted by Gasteiger charge is -2.14. The summed E-state index contributed by atoms with van der Waals surface area (Å²) in [5.74, 6) is -5.01. The molecule has 0 heterocycles. The molecule has 0 bridgehead atoms. The molecule has 17 heavy (non-hydrogen) atoms. The van der Waals surface area contributed by atoms with Crippen LogP contribution in [0.25, 0.3) is 0 Å². The lowest BCUT2D eigenvalue weighted by Crippen LogP contribution is -2.38. The molecule has 94 valence electrons. The van der Waals surface area contributed by atoms with Crippen molar-refractivity contribution in [2.75, 3.05) is 13.2 Å². The van der Waals surface area contributed by atoms with E-state index in [1.807, 2.05) is 5.32 Å². The molecule has 4 N–H and O–H groups in total. The molecule has 0 fully saturated rings. The van der Waals surface area contributed by atoms with Crippen LogP contribution in [-0.2, 0) is 0 Å². The van der Waals surface area contributed by atoms with Crippen LogP contribution in [-0.4, -0.2) is 40.3 Å². The van der Waals surface area contributed by atoms with Gasteiger partial charge in [0.1, 0.15) is 18.1 Å². The predicted octanol–water partition coefficient (Wildman–Crippen LogP) is 0.455. The zero-order chi connectivity index (χ0) is 13.1. The van der Waals surface area contributed by atoms with Gasteiger partial charge in [0.15, 0.2) is 0 Å². The quantitative estimate of drug-likeness (QED) is 0.622. The molecule has 0 aliphatic heterocycles. The highest BCUT2D eigenvalue weighted by molar-refractivity contribution is 5.95. The SMILES string of the molecule is O=C(NCC(F)(F)CO)c1cc(O)cc(O)c1. The van der Waals surface area contributed by atoms with Gasteiger partial charge in [0.25, 0.3) is 11.8 Å². The van der Waals surface area contributed by atoms with Crippen molar-refractivity contribution in [1.29, 1.82) is 0 Å².